The minimum absolute atomic E-state index is 0.350. The zero-order valence-electron chi connectivity index (χ0n) is 14.2. The van der Waals surface area contributed by atoms with Crippen LogP contribution in [-0.4, -0.2) is 19.5 Å². The first-order valence-corrected chi connectivity index (χ1v) is 11.2. The molecule has 2 fully saturated rings. The fraction of sp³-hybridized carbons (Fsp3) is 0.500. The fourth-order valence-corrected chi connectivity index (χ4v) is 7.98. The van der Waals surface area contributed by atoms with Gasteiger partial charge in [-0.05, 0) is 61.1 Å². The first kappa shape index (κ1) is 15.1. The Kier molecular flexibility index (Phi) is 3.28. The van der Waals surface area contributed by atoms with Crippen LogP contribution in [0.15, 0.2) is 23.8 Å². The van der Waals surface area contributed by atoms with Crippen LogP contribution in [0.4, 0.5) is 0 Å². The molecule has 0 heterocycles. The number of allylic oxidation sites excluding steroid dienone is 1. The summed E-state index contributed by atoms with van der Waals surface area (Å²) in [5.41, 5.74) is 12.8. The third-order valence-corrected chi connectivity index (χ3v) is 8.14. The van der Waals surface area contributed by atoms with Crippen molar-refractivity contribution in [1.29, 1.82) is 0 Å². The van der Waals surface area contributed by atoms with Crippen molar-refractivity contribution >= 4 is 25.6 Å². The molecule has 119 valence electrons. The highest BCUT2D eigenvalue weighted by Crippen LogP contribution is 2.56. The average molecular weight is 323 g/mol. The molecule has 4 rings (SSSR count). The number of amides is 1. The predicted molar refractivity (Wildman–Crippen MR) is 96.9 cm³/mol. The summed E-state index contributed by atoms with van der Waals surface area (Å²) in [5.74, 6) is 0.589. The van der Waals surface area contributed by atoms with Crippen molar-refractivity contribution in [3.8, 4) is 0 Å². The van der Waals surface area contributed by atoms with Gasteiger partial charge in [0.1, 0.15) is 0 Å². The molecular weight excluding hydrogens is 298 g/mol. The number of hydrogen-bond acceptors (Lipinski definition) is 1. The quantitative estimate of drug-likeness (QED) is 0.767. The van der Waals surface area contributed by atoms with Gasteiger partial charge in [0.15, 0.2) is 0 Å². The van der Waals surface area contributed by atoms with Gasteiger partial charge >= 0.3 is 0 Å². The van der Waals surface area contributed by atoms with Crippen molar-refractivity contribution < 1.29 is 4.79 Å². The number of carbonyl (C=O) groups is 1. The Hall–Kier alpha value is -1.48. The van der Waals surface area contributed by atoms with E-state index in [-0.39, 0.29) is 5.91 Å². The number of benzene rings is 1. The summed E-state index contributed by atoms with van der Waals surface area (Å²) >= 11 is 0. The highest BCUT2D eigenvalue weighted by molar-refractivity contribution is 6.72. The fourth-order valence-electron chi connectivity index (χ4n) is 5.66. The van der Waals surface area contributed by atoms with Crippen molar-refractivity contribution in [2.24, 2.45) is 11.8 Å². The molecule has 1 N–H and O–H groups in total. The van der Waals surface area contributed by atoms with E-state index in [0.717, 1.165) is 24.8 Å². The summed E-state index contributed by atoms with van der Waals surface area (Å²) in [4.78, 5) is 12.8. The molecule has 3 unspecified atom stereocenters. The molecule has 2 bridgehead atoms. The number of fused-ring (bicyclic) bond motifs is 3. The summed E-state index contributed by atoms with van der Waals surface area (Å²) < 4.78 is 0. The Labute approximate surface area is 140 Å². The Bertz CT molecular complexity index is 772. The van der Waals surface area contributed by atoms with Crippen LogP contribution in [0.5, 0.6) is 0 Å². The minimum atomic E-state index is -0.715. The van der Waals surface area contributed by atoms with Gasteiger partial charge in [-0.25, -0.2) is 0 Å². The Morgan fingerprint density at radius 2 is 2.09 bits per heavy atom. The van der Waals surface area contributed by atoms with E-state index in [2.05, 4.69) is 44.3 Å². The van der Waals surface area contributed by atoms with Crippen molar-refractivity contribution in [2.45, 2.75) is 51.1 Å². The first-order valence-electron chi connectivity index (χ1n) is 8.69. The van der Waals surface area contributed by atoms with E-state index in [1.807, 2.05) is 0 Å². The topological polar surface area (TPSA) is 40.9 Å². The van der Waals surface area contributed by atoms with E-state index >= 15 is 0 Å². The van der Waals surface area contributed by atoms with Gasteiger partial charge in [-0.3, -0.25) is 10.5 Å². The van der Waals surface area contributed by atoms with Crippen LogP contribution in [-0.2, 0) is 16.6 Å². The van der Waals surface area contributed by atoms with Crippen LogP contribution in [0, 0.1) is 11.8 Å². The van der Waals surface area contributed by atoms with Gasteiger partial charge in [-0.2, -0.15) is 0 Å². The van der Waals surface area contributed by atoms with Crippen molar-refractivity contribution in [3.05, 3.63) is 40.5 Å². The van der Waals surface area contributed by atoms with Crippen LogP contribution in [0.3, 0.4) is 0 Å². The van der Waals surface area contributed by atoms with Gasteiger partial charge in [0.25, 0.3) is 5.91 Å². The molecule has 23 heavy (non-hydrogen) atoms. The van der Waals surface area contributed by atoms with Gasteiger partial charge in [0, 0.05) is 8.41 Å². The maximum Gasteiger partial charge on any atom is 0.253 e. The van der Waals surface area contributed by atoms with E-state index in [4.69, 9.17) is 5.73 Å². The minimum Gasteiger partial charge on any atom is -0.272 e. The molecule has 1 aromatic carbocycles. The molecule has 0 aromatic heterocycles. The SMILES string of the molecule is CC1=Cc2c(cccc2C2(C([NH])=O)C(=[Si](C)C)C3CCC2C3)C1. The molecule has 3 aliphatic rings. The highest BCUT2D eigenvalue weighted by atomic mass is 28.2. The summed E-state index contributed by atoms with van der Waals surface area (Å²) in [7, 11) is -0.715. The number of rotatable bonds is 2. The lowest BCUT2D eigenvalue weighted by Gasteiger charge is -2.39. The molecule has 3 aliphatic carbocycles. The van der Waals surface area contributed by atoms with Crippen LogP contribution >= 0.6 is 0 Å². The second-order valence-corrected chi connectivity index (χ2v) is 10.3. The number of nitrogens with one attached hydrogen (secondary N) is 1. The van der Waals surface area contributed by atoms with Gasteiger partial charge in [-0.15, -0.1) is 0 Å². The van der Waals surface area contributed by atoms with Crippen LogP contribution in [0.2, 0.25) is 13.1 Å². The Balaban J connectivity index is 2.03. The monoisotopic (exact) mass is 322 g/mol. The summed E-state index contributed by atoms with van der Waals surface area (Å²) in [6.45, 7) is 6.78. The summed E-state index contributed by atoms with van der Waals surface area (Å²) in [6.07, 6.45) is 6.72. The molecule has 0 aliphatic heterocycles. The lowest BCUT2D eigenvalue weighted by molar-refractivity contribution is -0.123. The maximum atomic E-state index is 12.8. The third kappa shape index (κ3) is 1.86. The number of carbonyl (C=O) groups excluding carboxylic acids is 1. The molecule has 2 nitrogen and oxygen atoms in total. The highest BCUT2D eigenvalue weighted by Gasteiger charge is 2.60. The number of hydrogen-bond donors (Lipinski definition) is 0. The van der Waals surface area contributed by atoms with Gasteiger partial charge < -0.3 is 0 Å². The van der Waals surface area contributed by atoms with E-state index in [1.54, 1.807) is 0 Å². The molecule has 0 saturated heterocycles. The van der Waals surface area contributed by atoms with Crippen LogP contribution in [0.1, 0.15) is 42.9 Å². The van der Waals surface area contributed by atoms with Crippen molar-refractivity contribution in [2.75, 3.05) is 0 Å². The second-order valence-electron chi connectivity index (χ2n) is 7.80. The van der Waals surface area contributed by atoms with E-state index in [9.17, 15) is 4.79 Å². The first-order chi connectivity index (χ1) is 11.0. The smallest absolute Gasteiger partial charge is 0.253 e. The van der Waals surface area contributed by atoms with E-state index in [1.165, 1.54) is 28.3 Å². The second kappa shape index (κ2) is 5.00. The zero-order valence-corrected chi connectivity index (χ0v) is 15.2. The lowest BCUT2D eigenvalue weighted by atomic mass is 9.66. The van der Waals surface area contributed by atoms with Gasteiger partial charge in [0.2, 0.25) is 0 Å². The molecule has 0 spiro atoms. The maximum absolute atomic E-state index is 12.8. The molecule has 3 atom stereocenters. The normalized spacial score (nSPS) is 31.3. The summed E-state index contributed by atoms with van der Waals surface area (Å²) in [6, 6.07) is 6.43. The predicted octanol–water partition coefficient (Wildman–Crippen LogP) is 3.63. The molecule has 1 aromatic rings. The molecule has 2 saturated carbocycles. The van der Waals surface area contributed by atoms with E-state index in [0.29, 0.717) is 11.8 Å². The average Bonchev–Trinajstić information content (AvgIpc) is 3.16. The van der Waals surface area contributed by atoms with Crippen LogP contribution in [0.25, 0.3) is 6.08 Å². The molecular formula is C20H24NOSi. The molecule has 1 radical (unpaired) electrons. The Morgan fingerprint density at radius 3 is 2.78 bits per heavy atom. The zero-order chi connectivity index (χ0) is 16.4. The largest absolute Gasteiger partial charge is 0.272 e. The lowest BCUT2D eigenvalue weighted by Crippen LogP contribution is -2.51. The summed E-state index contributed by atoms with van der Waals surface area (Å²) in [5, 5.41) is 1.45. The van der Waals surface area contributed by atoms with Crippen LogP contribution < -0.4 is 5.73 Å². The van der Waals surface area contributed by atoms with Crippen molar-refractivity contribution in [3.63, 3.8) is 0 Å². The van der Waals surface area contributed by atoms with Crippen molar-refractivity contribution in [1.82, 2.24) is 5.73 Å². The molecule has 3 heteroatoms. The van der Waals surface area contributed by atoms with Gasteiger partial charge in [-0.1, -0.05) is 48.1 Å². The Morgan fingerprint density at radius 1 is 1.30 bits per heavy atom. The third-order valence-electron chi connectivity index (χ3n) is 6.26. The standard InChI is InChI=1S/C20H24NOSi/c1-12-9-13-5-4-6-17(16(13)10-12)20(19(21)22)15-8-7-14(11-15)18(20)23(2)3/h4-6,10,14-15,21H,7-9,11H2,1-3H3. The van der Waals surface area contributed by atoms with E-state index < -0.39 is 13.8 Å². The molecule has 1 amide bonds. The van der Waals surface area contributed by atoms with Gasteiger partial charge in [0.05, 0.1) is 5.41 Å².